The lowest BCUT2D eigenvalue weighted by Gasteiger charge is -2.27. The quantitative estimate of drug-likeness (QED) is 0.0439. The number of hydrogen-bond donors (Lipinski definition) is 1. The molecule has 9 rings (SSSR count). The fourth-order valence-electron chi connectivity index (χ4n) is 9.48. The molecule has 0 amide bonds. The van der Waals surface area contributed by atoms with Crippen molar-refractivity contribution in [1.82, 2.24) is 0 Å². The summed E-state index contributed by atoms with van der Waals surface area (Å²) in [6.45, 7) is 4.38. The van der Waals surface area contributed by atoms with Gasteiger partial charge in [0.25, 0.3) is 0 Å². The molecular weight excluding hydrogens is 717 g/mol. The largest absolute Gasteiger partial charge is 0.455 e. The zero-order valence-corrected chi connectivity index (χ0v) is 31.3. The van der Waals surface area contributed by atoms with Crippen LogP contribution in [0.2, 0.25) is 0 Å². The molecule has 2 aliphatic rings. The van der Waals surface area contributed by atoms with Crippen LogP contribution in [0.5, 0.6) is 11.5 Å². The minimum atomic E-state index is -1.68. The number of aliphatic hydroxyl groups is 1. The number of aliphatic hydroxyl groups excluding tert-OH is 1. The maximum atomic E-state index is 15.4. The highest BCUT2D eigenvalue weighted by Crippen LogP contribution is 2.44. The second-order valence-corrected chi connectivity index (χ2v) is 16.2. The molecule has 0 spiro atoms. The van der Waals surface area contributed by atoms with Crippen molar-refractivity contribution in [3.05, 3.63) is 130 Å². The lowest BCUT2D eigenvalue weighted by atomic mass is 9.79. The van der Waals surface area contributed by atoms with Crippen LogP contribution in [0, 0.1) is 35.1 Å². The molecule has 0 aliphatic heterocycles. The Hall–Kier alpha value is -5.21. The van der Waals surface area contributed by atoms with Crippen molar-refractivity contribution in [2.75, 3.05) is 0 Å². The van der Waals surface area contributed by atoms with Crippen molar-refractivity contribution in [1.29, 1.82) is 0 Å². The Balaban J connectivity index is 1.05. The highest BCUT2D eigenvalue weighted by atomic mass is 19.1. The molecule has 2 saturated carbocycles. The van der Waals surface area contributed by atoms with Gasteiger partial charge in [0.2, 0.25) is 12.0 Å². The van der Waals surface area contributed by atoms with E-state index in [0.29, 0.717) is 39.3 Å². The van der Waals surface area contributed by atoms with E-state index < -0.39 is 47.0 Å². The van der Waals surface area contributed by atoms with E-state index in [1.807, 2.05) is 30.3 Å². The van der Waals surface area contributed by atoms with Crippen LogP contribution in [0.3, 0.4) is 0 Å². The van der Waals surface area contributed by atoms with Gasteiger partial charge in [0.1, 0.15) is 0 Å². The Bertz CT molecular complexity index is 2570. The lowest BCUT2D eigenvalue weighted by molar-refractivity contribution is -0.0237. The van der Waals surface area contributed by atoms with Crippen LogP contribution >= 0.6 is 0 Å². The Morgan fingerprint density at radius 1 is 0.571 bits per heavy atom. The number of carbonyl (C=O) groups excluding carboxylic acids is 1. The lowest BCUT2D eigenvalue weighted by Crippen LogP contribution is -2.14. The van der Waals surface area contributed by atoms with Gasteiger partial charge in [-0.05, 0) is 134 Å². The van der Waals surface area contributed by atoms with Gasteiger partial charge in [0.15, 0.2) is 29.0 Å². The van der Waals surface area contributed by atoms with Crippen LogP contribution < -0.4 is 9.47 Å². The number of rotatable bonds is 7. The Morgan fingerprint density at radius 2 is 1.00 bits per heavy atom. The van der Waals surface area contributed by atoms with Crippen LogP contribution in [0.25, 0.3) is 43.1 Å². The molecule has 4 nitrogen and oxygen atoms in total. The molecule has 2 fully saturated rings. The molecule has 0 saturated heterocycles. The third-order valence-electron chi connectivity index (χ3n) is 12.6. The molecule has 0 radical (unpaired) electrons. The first-order chi connectivity index (χ1) is 27.0. The van der Waals surface area contributed by atoms with Gasteiger partial charge in [0.05, 0.1) is 5.56 Å². The van der Waals surface area contributed by atoms with Gasteiger partial charge in [-0.2, -0.15) is 0 Å². The van der Waals surface area contributed by atoms with E-state index in [1.54, 1.807) is 30.3 Å². The summed E-state index contributed by atoms with van der Waals surface area (Å²) in [6, 6.07) is 23.2. The van der Waals surface area contributed by atoms with Crippen molar-refractivity contribution >= 4 is 49.1 Å². The zero-order valence-electron chi connectivity index (χ0n) is 31.3. The van der Waals surface area contributed by atoms with Gasteiger partial charge in [-0.1, -0.05) is 94.1 Å². The standard InChI is InChI=1S/C48H42F4O4/c1-25-9-13-27(14-10-25)29-21-39(49)45(40(50)22-29)55-47(53)37-19-17-35-32-6-4-8-34-38(20-18-36(44(32)34)31-5-3-7-33(37)43(31)35)48(54)56-46-41(51)23-30(24-42(46)52)28-15-11-26(2)12-16-28/h3-8,17-28,47,53H,9-16H2,1-2H3/t25-,26-,27-,28-,47?. The molecular formula is C48H42F4O4. The molecule has 1 atom stereocenters. The summed E-state index contributed by atoms with van der Waals surface area (Å²) in [7, 11) is 0. The van der Waals surface area contributed by atoms with Gasteiger partial charge in [0, 0.05) is 5.56 Å². The highest BCUT2D eigenvalue weighted by Gasteiger charge is 2.28. The normalized spacial score (nSPS) is 20.9. The molecule has 1 unspecified atom stereocenters. The number of hydrogen-bond acceptors (Lipinski definition) is 4. The smallest absolute Gasteiger partial charge is 0.344 e. The van der Waals surface area contributed by atoms with E-state index >= 15 is 17.6 Å². The van der Waals surface area contributed by atoms with Crippen LogP contribution in [0.1, 0.15) is 110 Å². The predicted octanol–water partition coefficient (Wildman–Crippen LogP) is 13.2. The summed E-state index contributed by atoms with van der Waals surface area (Å²) in [5.74, 6) is -4.41. The summed E-state index contributed by atoms with van der Waals surface area (Å²) in [5.41, 5.74) is 1.68. The van der Waals surface area contributed by atoms with Gasteiger partial charge in [-0.25, -0.2) is 22.4 Å². The average Bonchev–Trinajstić information content (AvgIpc) is 3.19. The van der Waals surface area contributed by atoms with Gasteiger partial charge in [-0.15, -0.1) is 0 Å². The second kappa shape index (κ2) is 14.4. The fourth-order valence-corrected chi connectivity index (χ4v) is 9.48. The predicted molar refractivity (Wildman–Crippen MR) is 212 cm³/mol. The average molecular weight is 759 g/mol. The van der Waals surface area contributed by atoms with E-state index in [2.05, 4.69) is 13.8 Å². The third kappa shape index (κ3) is 6.32. The molecule has 1 N–H and O–H groups in total. The van der Waals surface area contributed by atoms with Crippen LogP contribution in [0.15, 0.2) is 84.9 Å². The van der Waals surface area contributed by atoms with Crippen molar-refractivity contribution in [2.24, 2.45) is 11.8 Å². The monoisotopic (exact) mass is 758 g/mol. The zero-order chi connectivity index (χ0) is 38.8. The first-order valence-corrected chi connectivity index (χ1v) is 19.7. The van der Waals surface area contributed by atoms with Crippen molar-refractivity contribution in [3.8, 4) is 11.5 Å². The third-order valence-corrected chi connectivity index (χ3v) is 12.6. The minimum absolute atomic E-state index is 0.0675. The Kier molecular flexibility index (Phi) is 9.35. The van der Waals surface area contributed by atoms with E-state index in [-0.39, 0.29) is 17.4 Å². The number of carbonyl (C=O) groups is 1. The Morgan fingerprint density at radius 3 is 1.54 bits per heavy atom. The first-order valence-electron chi connectivity index (χ1n) is 19.7. The molecule has 7 aromatic carbocycles. The molecule has 0 aromatic heterocycles. The fraction of sp³-hybridized carbons (Fsp3) is 0.312. The molecule has 8 heteroatoms. The number of esters is 1. The molecule has 2 aliphatic carbocycles. The highest BCUT2D eigenvalue weighted by molar-refractivity contribution is 6.34. The maximum Gasteiger partial charge on any atom is 0.344 e. The maximum absolute atomic E-state index is 15.4. The number of benzene rings is 7. The van der Waals surface area contributed by atoms with Gasteiger partial charge < -0.3 is 14.6 Å². The van der Waals surface area contributed by atoms with Crippen molar-refractivity contribution in [2.45, 2.75) is 83.3 Å². The SMILES string of the molecule is C[C@H]1CC[C@H](c2cc(F)c(OC(=O)c3ccc4c5cccc6c(C(O)Oc7c(F)cc([C@H]8CC[C@H](C)CC8)cc7F)ccc(c7cccc3c47)c65)c(F)c2)CC1. The molecule has 56 heavy (non-hydrogen) atoms. The van der Waals surface area contributed by atoms with E-state index in [1.165, 1.54) is 24.3 Å². The number of fused-ring (bicyclic) bond motifs is 2. The molecule has 0 bridgehead atoms. The summed E-state index contributed by atoms with van der Waals surface area (Å²) >= 11 is 0. The summed E-state index contributed by atoms with van der Waals surface area (Å²) < 4.78 is 72.7. The van der Waals surface area contributed by atoms with E-state index in [4.69, 9.17) is 9.47 Å². The Labute approximate surface area is 322 Å². The summed E-state index contributed by atoms with van der Waals surface area (Å²) in [5, 5.41) is 17.3. The number of halogens is 4. The van der Waals surface area contributed by atoms with Crippen molar-refractivity contribution < 1.29 is 36.9 Å². The summed E-state index contributed by atoms with van der Waals surface area (Å²) in [6.07, 6.45) is 5.83. The van der Waals surface area contributed by atoms with Gasteiger partial charge >= 0.3 is 5.97 Å². The van der Waals surface area contributed by atoms with Crippen molar-refractivity contribution in [3.63, 3.8) is 0 Å². The topological polar surface area (TPSA) is 55.8 Å². The molecule has 286 valence electrons. The second-order valence-electron chi connectivity index (χ2n) is 16.2. The first kappa shape index (κ1) is 36.4. The number of ether oxygens (including phenoxy) is 2. The molecule has 0 heterocycles. The van der Waals surface area contributed by atoms with Crippen LogP contribution in [0.4, 0.5) is 17.6 Å². The minimum Gasteiger partial charge on any atom is -0.455 e. The van der Waals surface area contributed by atoms with E-state index in [9.17, 15) is 9.90 Å². The van der Waals surface area contributed by atoms with E-state index in [0.717, 1.165) is 83.7 Å². The summed E-state index contributed by atoms with van der Waals surface area (Å²) in [4.78, 5) is 13.7. The van der Waals surface area contributed by atoms with Crippen LogP contribution in [-0.4, -0.2) is 11.1 Å². The van der Waals surface area contributed by atoms with Gasteiger partial charge in [-0.3, -0.25) is 0 Å². The molecule has 7 aromatic rings. The van der Waals surface area contributed by atoms with Crippen LogP contribution in [-0.2, 0) is 0 Å².